The minimum atomic E-state index is -1.39. The van der Waals surface area contributed by atoms with Gasteiger partial charge in [0, 0.05) is 45.1 Å². The fraction of sp³-hybridized carbons (Fsp3) is 0.652. The zero-order valence-corrected chi connectivity index (χ0v) is 60.2. The van der Waals surface area contributed by atoms with E-state index in [0.717, 1.165) is 17.5 Å². The van der Waals surface area contributed by atoms with Crippen LogP contribution in [0, 0.1) is 0 Å². The Morgan fingerprint density at radius 2 is 0.624 bits per heavy atom. The van der Waals surface area contributed by atoms with Gasteiger partial charge in [0.05, 0.1) is 144 Å². The Morgan fingerprint density at radius 3 is 0.851 bits per heavy atom. The first-order chi connectivity index (χ1) is 47.6. The van der Waals surface area contributed by atoms with Gasteiger partial charge < -0.3 is 99.6 Å². The summed E-state index contributed by atoms with van der Waals surface area (Å²) in [6, 6.07) is 18.1. The number of carboxylic acid groups (broad SMARTS) is 3. The molecule has 0 aromatic heterocycles. The normalized spacial score (nSPS) is 11.2. The number of rotatable bonds is 54. The highest BCUT2D eigenvalue weighted by Crippen LogP contribution is 2.15. The van der Waals surface area contributed by atoms with E-state index in [2.05, 4.69) is 16.0 Å². The van der Waals surface area contributed by atoms with Crippen molar-refractivity contribution < 1.29 is 130 Å². The SMILES string of the molecule is CC(=O)CCOCC(COCCC(C)=O)(COCCC(C)=O)NC(=O)OCc1ccccc1.CC(=O)CCOCC(N)(COCCC(C)=O)COCCC(C)=O.CC(C)(C)OC(=O)NCCCN.O=C(O)CCOCC(COCCC(=O)O)(COCCC(=O)O)NC(=O)OCc1ccccc1. The number of nitrogens with two attached hydrogens (primary N) is 2. The average Bonchev–Trinajstić information content (AvgIpc) is 0.865. The quantitative estimate of drug-likeness (QED) is 0.0308. The van der Waals surface area contributed by atoms with Gasteiger partial charge in [-0.1, -0.05) is 60.7 Å². The van der Waals surface area contributed by atoms with Gasteiger partial charge >= 0.3 is 36.2 Å². The van der Waals surface area contributed by atoms with Crippen LogP contribution in [-0.4, -0.2) is 240 Å². The molecule has 0 radical (unpaired) electrons. The summed E-state index contributed by atoms with van der Waals surface area (Å²) in [4.78, 5) is 135. The Kier molecular flexibility index (Phi) is 54.6. The molecule has 574 valence electrons. The predicted molar refractivity (Wildman–Crippen MR) is 366 cm³/mol. The molecule has 32 heteroatoms. The summed E-state index contributed by atoms with van der Waals surface area (Å²) in [6.45, 7) is 16.1. The first kappa shape index (κ1) is 95.3. The van der Waals surface area contributed by atoms with E-state index < -0.39 is 52.3 Å². The molecule has 0 aliphatic carbocycles. The third-order valence-corrected chi connectivity index (χ3v) is 12.6. The van der Waals surface area contributed by atoms with E-state index in [-0.39, 0.29) is 211 Å². The van der Waals surface area contributed by atoms with Crippen LogP contribution >= 0.6 is 0 Å². The fourth-order valence-corrected chi connectivity index (χ4v) is 7.35. The second kappa shape index (κ2) is 57.8. The van der Waals surface area contributed by atoms with Crippen LogP contribution in [-0.2, 0) is 113 Å². The van der Waals surface area contributed by atoms with Crippen LogP contribution in [0.5, 0.6) is 0 Å². The minimum Gasteiger partial charge on any atom is -0.481 e. The molecule has 0 unspecified atom stereocenters. The monoisotopic (exact) mass is 1440 g/mol. The Bertz CT molecular complexity index is 2400. The van der Waals surface area contributed by atoms with Gasteiger partial charge in [-0.05, 0) is 86.4 Å². The molecule has 32 nitrogen and oxygen atoms in total. The maximum Gasteiger partial charge on any atom is 0.408 e. The first-order valence-electron chi connectivity index (χ1n) is 32.9. The van der Waals surface area contributed by atoms with Gasteiger partial charge in [-0.25, -0.2) is 14.4 Å². The molecular formula is C69H111N5O27. The molecule has 2 aromatic carbocycles. The van der Waals surface area contributed by atoms with Crippen molar-refractivity contribution in [2.75, 3.05) is 132 Å². The molecule has 10 N–H and O–H groups in total. The lowest BCUT2D eigenvalue weighted by atomic mass is 10.0. The number of ketones is 6. The van der Waals surface area contributed by atoms with Crippen molar-refractivity contribution in [3.8, 4) is 0 Å². The van der Waals surface area contributed by atoms with Crippen molar-refractivity contribution in [3.05, 3.63) is 71.8 Å². The van der Waals surface area contributed by atoms with Crippen LogP contribution in [0.4, 0.5) is 14.4 Å². The maximum absolute atomic E-state index is 12.6. The highest BCUT2D eigenvalue weighted by molar-refractivity contribution is 5.77. The van der Waals surface area contributed by atoms with Gasteiger partial charge in [-0.15, -0.1) is 0 Å². The molecule has 0 aliphatic heterocycles. The van der Waals surface area contributed by atoms with Crippen LogP contribution < -0.4 is 27.4 Å². The largest absolute Gasteiger partial charge is 0.481 e. The number of hydrogen-bond acceptors (Lipinski definition) is 26. The van der Waals surface area contributed by atoms with Crippen LogP contribution in [0.15, 0.2) is 60.7 Å². The summed E-state index contributed by atoms with van der Waals surface area (Å²) < 4.78 is 64.9. The molecule has 0 atom stereocenters. The number of aliphatic carboxylic acids is 3. The predicted octanol–water partition coefficient (Wildman–Crippen LogP) is 5.30. The van der Waals surface area contributed by atoms with Gasteiger partial charge in [-0.2, -0.15) is 0 Å². The van der Waals surface area contributed by atoms with Gasteiger partial charge in [0.2, 0.25) is 0 Å². The smallest absolute Gasteiger partial charge is 0.408 e. The molecule has 0 saturated heterocycles. The molecule has 0 spiro atoms. The summed E-state index contributed by atoms with van der Waals surface area (Å²) >= 11 is 0. The molecular weight excluding hydrogens is 1330 g/mol. The number of carbonyl (C=O) groups excluding carboxylic acids is 9. The Labute approximate surface area is 591 Å². The molecule has 0 bridgehead atoms. The summed E-state index contributed by atoms with van der Waals surface area (Å²) in [6.07, 6.45) is -0.331. The number of Topliss-reactive ketones (excluding diaryl/α,β-unsaturated/α-hetero) is 6. The van der Waals surface area contributed by atoms with Crippen molar-refractivity contribution >= 4 is 70.9 Å². The van der Waals surface area contributed by atoms with Crippen molar-refractivity contribution in [2.45, 2.75) is 162 Å². The summed E-state index contributed by atoms with van der Waals surface area (Å²) in [5.41, 5.74) is 9.20. The highest BCUT2D eigenvalue weighted by atomic mass is 16.6. The van der Waals surface area contributed by atoms with E-state index in [1.54, 1.807) is 24.3 Å². The van der Waals surface area contributed by atoms with E-state index in [9.17, 15) is 57.5 Å². The van der Waals surface area contributed by atoms with Gasteiger partial charge in [0.15, 0.2) is 0 Å². The average molecular weight is 1440 g/mol. The van der Waals surface area contributed by atoms with Crippen molar-refractivity contribution in [1.29, 1.82) is 0 Å². The number of ether oxygens (including phenoxy) is 12. The lowest BCUT2D eigenvalue weighted by Gasteiger charge is -2.33. The molecule has 3 amide bonds. The molecule has 2 aromatic rings. The van der Waals surface area contributed by atoms with E-state index in [0.29, 0.717) is 32.4 Å². The van der Waals surface area contributed by atoms with Gasteiger partial charge in [-0.3, -0.25) is 43.2 Å². The van der Waals surface area contributed by atoms with Crippen LogP contribution in [0.2, 0.25) is 0 Å². The minimum absolute atomic E-state index is 0.0130. The number of alkyl carbamates (subject to hydrolysis) is 3. The summed E-state index contributed by atoms with van der Waals surface area (Å²) in [5.74, 6) is -3.17. The Balaban J connectivity index is 0. The van der Waals surface area contributed by atoms with Crippen molar-refractivity contribution in [1.82, 2.24) is 16.0 Å². The van der Waals surface area contributed by atoms with E-state index in [1.807, 2.05) is 57.2 Å². The second-order valence-corrected chi connectivity index (χ2v) is 24.5. The number of nitrogens with one attached hydrogen (secondary N) is 3. The first-order valence-corrected chi connectivity index (χ1v) is 32.9. The molecule has 0 saturated carbocycles. The highest BCUT2D eigenvalue weighted by Gasteiger charge is 2.36. The fourth-order valence-electron chi connectivity index (χ4n) is 7.35. The Morgan fingerprint density at radius 1 is 0.376 bits per heavy atom. The van der Waals surface area contributed by atoms with E-state index >= 15 is 0 Å². The number of hydrogen-bond donors (Lipinski definition) is 8. The number of carboxylic acids is 3. The zero-order chi connectivity index (χ0) is 76.4. The standard InChI is InChI=1S/C24H35NO8.C21H29NO11.C16H29NO6.C8H18N2O2/c1-19(26)9-12-30-16-24(17-31-13-10-20(2)27,18-32-14-11-21(3)28)25-23(29)33-15-22-7-5-4-6-8-22;23-17(24)6-9-30-13-21(14-31-10-7-18(25)26,15-32-11-8-19(27)28)22-20(29)33-12-16-4-2-1-3-5-16;1-13(18)4-7-21-10-16(17,11-22-8-5-14(2)19)12-23-9-6-15(3)20;1-8(2,3)12-7(11)10-6-4-5-9/h4-8H,9-18H2,1-3H3,(H,25,29);1-5H,6-15H2,(H,22,29)(H,23,24)(H,25,26)(H,27,28);4-12,17H2,1-3H3;4-6,9H2,1-3H3,(H,10,11). The van der Waals surface area contributed by atoms with E-state index in [1.165, 1.54) is 41.5 Å². The number of carbonyl (C=O) groups is 12. The second-order valence-electron chi connectivity index (χ2n) is 24.5. The molecule has 0 aliphatic rings. The van der Waals surface area contributed by atoms with Crippen molar-refractivity contribution in [3.63, 3.8) is 0 Å². The van der Waals surface area contributed by atoms with Crippen molar-refractivity contribution in [2.24, 2.45) is 11.5 Å². The van der Waals surface area contributed by atoms with Gasteiger partial charge in [0.25, 0.3) is 0 Å². The van der Waals surface area contributed by atoms with Gasteiger partial charge in [0.1, 0.15) is 64.6 Å². The lowest BCUT2D eigenvalue weighted by molar-refractivity contribution is -0.139. The number of amides is 3. The maximum atomic E-state index is 12.6. The lowest BCUT2D eigenvalue weighted by Crippen LogP contribution is -2.58. The third-order valence-electron chi connectivity index (χ3n) is 12.6. The molecule has 2 rings (SSSR count). The third kappa shape index (κ3) is 61.8. The van der Waals surface area contributed by atoms with Crippen LogP contribution in [0.3, 0.4) is 0 Å². The molecule has 0 fully saturated rings. The summed E-state index contributed by atoms with van der Waals surface area (Å²) in [7, 11) is 0. The topological polar surface area (TPSA) is 464 Å². The molecule has 0 heterocycles. The zero-order valence-electron chi connectivity index (χ0n) is 60.2. The molecule has 101 heavy (non-hydrogen) atoms. The van der Waals surface area contributed by atoms with Crippen LogP contribution in [0.25, 0.3) is 0 Å². The number of benzene rings is 2. The van der Waals surface area contributed by atoms with Crippen LogP contribution in [0.1, 0.15) is 138 Å². The summed E-state index contributed by atoms with van der Waals surface area (Å²) in [5, 5.41) is 34.3. The van der Waals surface area contributed by atoms with E-state index in [4.69, 9.17) is 83.6 Å². The Hall–Kier alpha value is -7.76.